The van der Waals surface area contributed by atoms with Crippen molar-refractivity contribution in [2.75, 3.05) is 0 Å². The SMILES string of the molecule is O=C(O)c1ccc(/C=C\c2nc3ccccc3o2)cc1. The molecule has 1 aromatic heterocycles. The molecule has 0 aliphatic heterocycles. The van der Waals surface area contributed by atoms with Crippen molar-refractivity contribution in [1.29, 1.82) is 0 Å². The highest BCUT2D eigenvalue weighted by Crippen LogP contribution is 2.16. The summed E-state index contributed by atoms with van der Waals surface area (Å²) in [6.45, 7) is 0. The second-order valence-corrected chi connectivity index (χ2v) is 4.28. The minimum Gasteiger partial charge on any atom is -0.478 e. The second kappa shape index (κ2) is 5.01. The van der Waals surface area contributed by atoms with Gasteiger partial charge in [-0.15, -0.1) is 0 Å². The van der Waals surface area contributed by atoms with Crippen LogP contribution in [-0.2, 0) is 0 Å². The summed E-state index contributed by atoms with van der Waals surface area (Å²) in [5.41, 5.74) is 2.71. The van der Waals surface area contributed by atoms with E-state index < -0.39 is 5.97 Å². The van der Waals surface area contributed by atoms with Crippen molar-refractivity contribution in [3.05, 3.63) is 65.5 Å². The Balaban J connectivity index is 1.84. The minimum absolute atomic E-state index is 0.268. The van der Waals surface area contributed by atoms with Gasteiger partial charge in [-0.25, -0.2) is 9.78 Å². The fraction of sp³-hybridized carbons (Fsp3) is 0. The van der Waals surface area contributed by atoms with Crippen molar-refractivity contribution in [2.45, 2.75) is 0 Å². The number of nitrogens with zero attached hydrogens (tertiary/aromatic N) is 1. The van der Waals surface area contributed by atoms with Crippen LogP contribution in [0, 0.1) is 0 Å². The van der Waals surface area contributed by atoms with E-state index >= 15 is 0 Å². The lowest BCUT2D eigenvalue weighted by atomic mass is 10.1. The summed E-state index contributed by atoms with van der Waals surface area (Å²) in [5, 5.41) is 8.82. The van der Waals surface area contributed by atoms with Gasteiger partial charge in [-0.05, 0) is 35.9 Å². The molecule has 20 heavy (non-hydrogen) atoms. The maximum absolute atomic E-state index is 10.7. The predicted molar refractivity (Wildman–Crippen MR) is 76.3 cm³/mol. The topological polar surface area (TPSA) is 63.3 Å². The summed E-state index contributed by atoms with van der Waals surface area (Å²) in [7, 11) is 0. The lowest BCUT2D eigenvalue weighted by Crippen LogP contribution is -1.94. The number of aromatic nitrogens is 1. The molecule has 0 spiro atoms. The number of carboxylic acids is 1. The molecule has 2 aromatic carbocycles. The third-order valence-corrected chi connectivity index (χ3v) is 2.89. The molecule has 3 rings (SSSR count). The van der Waals surface area contributed by atoms with E-state index in [9.17, 15) is 4.79 Å². The number of oxazole rings is 1. The van der Waals surface area contributed by atoms with E-state index in [0.717, 1.165) is 16.7 Å². The Hall–Kier alpha value is -2.88. The molecule has 0 aliphatic carbocycles. The Bertz CT molecular complexity index is 752. The maximum Gasteiger partial charge on any atom is 0.335 e. The number of hydrogen-bond donors (Lipinski definition) is 1. The van der Waals surface area contributed by atoms with Gasteiger partial charge in [-0.3, -0.25) is 0 Å². The fourth-order valence-electron chi connectivity index (χ4n) is 1.87. The second-order valence-electron chi connectivity index (χ2n) is 4.28. The lowest BCUT2D eigenvalue weighted by Gasteiger charge is -1.95. The average Bonchev–Trinajstić information content (AvgIpc) is 2.88. The van der Waals surface area contributed by atoms with Gasteiger partial charge in [0.25, 0.3) is 0 Å². The lowest BCUT2D eigenvalue weighted by molar-refractivity contribution is 0.0697. The van der Waals surface area contributed by atoms with Gasteiger partial charge in [-0.1, -0.05) is 24.3 Å². The van der Waals surface area contributed by atoms with Crippen LogP contribution < -0.4 is 0 Å². The van der Waals surface area contributed by atoms with Gasteiger partial charge >= 0.3 is 5.97 Å². The number of rotatable bonds is 3. The van der Waals surface area contributed by atoms with E-state index in [1.807, 2.05) is 30.3 Å². The number of para-hydroxylation sites is 2. The molecule has 0 fully saturated rings. The van der Waals surface area contributed by atoms with Gasteiger partial charge in [0.2, 0.25) is 5.89 Å². The van der Waals surface area contributed by atoms with Crippen LogP contribution in [0.15, 0.2) is 52.9 Å². The van der Waals surface area contributed by atoms with E-state index in [0.29, 0.717) is 5.89 Å². The molecule has 0 bridgehead atoms. The van der Waals surface area contributed by atoms with Gasteiger partial charge in [0.05, 0.1) is 5.56 Å². The molecule has 0 atom stereocenters. The summed E-state index contributed by atoms with van der Waals surface area (Å²) in [6.07, 6.45) is 3.59. The van der Waals surface area contributed by atoms with E-state index in [4.69, 9.17) is 9.52 Å². The smallest absolute Gasteiger partial charge is 0.335 e. The molecule has 98 valence electrons. The highest BCUT2D eigenvalue weighted by molar-refractivity contribution is 5.88. The molecule has 0 saturated heterocycles. The third kappa shape index (κ3) is 2.44. The van der Waals surface area contributed by atoms with E-state index in [2.05, 4.69) is 4.98 Å². The maximum atomic E-state index is 10.7. The first-order valence-corrected chi connectivity index (χ1v) is 6.09. The van der Waals surface area contributed by atoms with Crippen molar-refractivity contribution < 1.29 is 14.3 Å². The molecule has 4 nitrogen and oxygen atoms in total. The van der Waals surface area contributed by atoms with Crippen LogP contribution >= 0.6 is 0 Å². The summed E-state index contributed by atoms with van der Waals surface area (Å²) >= 11 is 0. The normalized spacial score (nSPS) is 11.2. The molecule has 0 saturated carbocycles. The first-order chi connectivity index (χ1) is 9.72. The number of fused-ring (bicyclic) bond motifs is 1. The highest BCUT2D eigenvalue weighted by atomic mass is 16.4. The Morgan fingerprint density at radius 3 is 2.50 bits per heavy atom. The van der Waals surface area contributed by atoms with Crippen molar-refractivity contribution in [2.24, 2.45) is 0 Å². The van der Waals surface area contributed by atoms with Crippen LogP contribution in [0.2, 0.25) is 0 Å². The highest BCUT2D eigenvalue weighted by Gasteiger charge is 2.02. The molecular weight excluding hydrogens is 254 g/mol. The molecule has 0 unspecified atom stereocenters. The van der Waals surface area contributed by atoms with E-state index in [-0.39, 0.29) is 5.56 Å². The van der Waals surface area contributed by atoms with Gasteiger partial charge in [0, 0.05) is 6.08 Å². The summed E-state index contributed by atoms with van der Waals surface area (Å²) in [5.74, 6) is -0.409. The first-order valence-electron chi connectivity index (χ1n) is 6.09. The van der Waals surface area contributed by atoms with Gasteiger partial charge in [-0.2, -0.15) is 0 Å². The Morgan fingerprint density at radius 2 is 1.80 bits per heavy atom. The molecule has 1 heterocycles. The Morgan fingerprint density at radius 1 is 1.05 bits per heavy atom. The Labute approximate surface area is 115 Å². The number of hydrogen-bond acceptors (Lipinski definition) is 3. The average molecular weight is 265 g/mol. The van der Waals surface area contributed by atoms with Crippen LogP contribution in [0.5, 0.6) is 0 Å². The van der Waals surface area contributed by atoms with Crippen LogP contribution in [0.3, 0.4) is 0 Å². The summed E-state index contributed by atoms with van der Waals surface area (Å²) in [6, 6.07) is 14.2. The van der Waals surface area contributed by atoms with Gasteiger partial charge in [0.1, 0.15) is 5.52 Å². The predicted octanol–water partition coefficient (Wildman–Crippen LogP) is 3.70. The molecular formula is C16H11NO3. The molecule has 1 N–H and O–H groups in total. The minimum atomic E-state index is -0.931. The van der Waals surface area contributed by atoms with E-state index in [1.54, 1.807) is 30.3 Å². The number of aromatic carboxylic acids is 1. The Kier molecular flexibility index (Phi) is 3.05. The molecule has 0 amide bonds. The van der Waals surface area contributed by atoms with E-state index in [1.165, 1.54) is 0 Å². The monoisotopic (exact) mass is 265 g/mol. The zero-order chi connectivity index (χ0) is 13.9. The zero-order valence-electron chi connectivity index (χ0n) is 10.5. The van der Waals surface area contributed by atoms with Crippen LogP contribution in [0.25, 0.3) is 23.3 Å². The van der Waals surface area contributed by atoms with Crippen molar-refractivity contribution in [3.8, 4) is 0 Å². The van der Waals surface area contributed by atoms with Gasteiger partial charge < -0.3 is 9.52 Å². The van der Waals surface area contributed by atoms with Crippen molar-refractivity contribution in [3.63, 3.8) is 0 Å². The molecule has 4 heteroatoms. The standard InChI is InChI=1S/C16H11NO3/c18-16(19)12-8-5-11(6-9-12)7-10-15-17-13-3-1-2-4-14(13)20-15/h1-10H,(H,18,19)/b10-7-. The fourth-order valence-corrected chi connectivity index (χ4v) is 1.87. The quantitative estimate of drug-likeness (QED) is 0.784. The van der Waals surface area contributed by atoms with Crippen molar-refractivity contribution >= 4 is 29.2 Å². The third-order valence-electron chi connectivity index (χ3n) is 2.89. The van der Waals surface area contributed by atoms with Crippen LogP contribution in [0.4, 0.5) is 0 Å². The first kappa shape index (κ1) is 12.2. The van der Waals surface area contributed by atoms with Crippen LogP contribution in [0.1, 0.15) is 21.8 Å². The summed E-state index contributed by atoms with van der Waals surface area (Å²) in [4.78, 5) is 15.1. The number of carboxylic acid groups (broad SMARTS) is 1. The molecule has 0 aliphatic rings. The number of benzene rings is 2. The molecule has 3 aromatic rings. The summed E-state index contributed by atoms with van der Waals surface area (Å²) < 4.78 is 5.56. The van der Waals surface area contributed by atoms with Crippen LogP contribution in [-0.4, -0.2) is 16.1 Å². The number of carbonyl (C=O) groups is 1. The molecule has 0 radical (unpaired) electrons. The largest absolute Gasteiger partial charge is 0.478 e. The van der Waals surface area contributed by atoms with Gasteiger partial charge in [0.15, 0.2) is 5.58 Å². The zero-order valence-corrected chi connectivity index (χ0v) is 10.5. The van der Waals surface area contributed by atoms with Crippen molar-refractivity contribution in [1.82, 2.24) is 4.98 Å².